The smallest absolute Gasteiger partial charge is 0.335 e. The molecule has 0 aliphatic carbocycles. The van der Waals surface area contributed by atoms with E-state index < -0.39 is 11.8 Å². The molecule has 7 heteroatoms. The Labute approximate surface area is 93.8 Å². The summed E-state index contributed by atoms with van der Waals surface area (Å²) in [7, 11) is 0. The van der Waals surface area contributed by atoms with Gasteiger partial charge in [-0.05, 0) is 28.1 Å². The van der Waals surface area contributed by atoms with Crippen LogP contribution in [-0.2, 0) is 0 Å². The van der Waals surface area contributed by atoms with Gasteiger partial charge in [-0.25, -0.2) is 9.18 Å². The van der Waals surface area contributed by atoms with Crippen LogP contribution >= 0.6 is 28.3 Å². The number of rotatable bonds is 2. The number of nitrogens with two attached hydrogens (primary N) is 1. The molecule has 1 aromatic carbocycles. The molecule has 0 aliphatic heterocycles. The number of carboxylic acids is 1. The molecule has 4 nitrogen and oxygen atoms in total. The van der Waals surface area contributed by atoms with Crippen molar-refractivity contribution in [3.8, 4) is 0 Å². The van der Waals surface area contributed by atoms with Crippen LogP contribution in [0.25, 0.3) is 0 Å². The second-order valence-corrected chi connectivity index (χ2v) is 3.06. The topological polar surface area (TPSA) is 75.3 Å². The molecule has 0 unspecified atom stereocenters. The Hall–Kier alpha value is -0.850. The van der Waals surface area contributed by atoms with Crippen LogP contribution in [0.3, 0.4) is 0 Å². The van der Waals surface area contributed by atoms with Crippen molar-refractivity contribution in [2.24, 2.45) is 5.84 Å². The molecule has 0 bridgehead atoms. The first-order valence-corrected chi connectivity index (χ1v) is 4.04. The molecule has 78 valence electrons. The normalized spacial score (nSPS) is 9.07. The van der Waals surface area contributed by atoms with Gasteiger partial charge in [-0.2, -0.15) is 0 Å². The van der Waals surface area contributed by atoms with Gasteiger partial charge < -0.3 is 10.5 Å². The molecular weight excluding hydrogens is 278 g/mol. The number of benzene rings is 1. The predicted molar refractivity (Wildman–Crippen MR) is 56.1 cm³/mol. The number of nitrogens with one attached hydrogen (secondary N) is 1. The van der Waals surface area contributed by atoms with E-state index in [4.69, 9.17) is 10.9 Å². The molecule has 0 fully saturated rings. The fourth-order valence-corrected chi connectivity index (χ4v) is 1.16. The van der Waals surface area contributed by atoms with E-state index in [2.05, 4.69) is 21.4 Å². The van der Waals surface area contributed by atoms with Gasteiger partial charge in [0.2, 0.25) is 0 Å². The molecule has 0 atom stereocenters. The van der Waals surface area contributed by atoms with Crippen LogP contribution in [0.4, 0.5) is 10.1 Å². The lowest BCUT2D eigenvalue weighted by Crippen LogP contribution is -2.09. The van der Waals surface area contributed by atoms with Crippen molar-refractivity contribution in [2.45, 2.75) is 0 Å². The van der Waals surface area contributed by atoms with Crippen LogP contribution in [0.5, 0.6) is 0 Å². The zero-order valence-corrected chi connectivity index (χ0v) is 9.15. The summed E-state index contributed by atoms with van der Waals surface area (Å²) in [5, 5.41) is 8.57. The molecule has 0 aliphatic rings. The van der Waals surface area contributed by atoms with Gasteiger partial charge in [0.25, 0.3) is 0 Å². The molecule has 0 saturated carbocycles. The SMILES string of the molecule is Cl.NNc1cc(C(=O)O)cc(F)c1Br. The maximum atomic E-state index is 13.0. The van der Waals surface area contributed by atoms with Crippen LogP contribution in [0.2, 0.25) is 0 Å². The minimum atomic E-state index is -1.21. The van der Waals surface area contributed by atoms with Crippen molar-refractivity contribution in [3.63, 3.8) is 0 Å². The zero-order chi connectivity index (χ0) is 10.0. The molecule has 0 spiro atoms. The van der Waals surface area contributed by atoms with Crippen molar-refractivity contribution in [1.82, 2.24) is 0 Å². The fourth-order valence-electron chi connectivity index (χ4n) is 0.818. The molecule has 0 amide bonds. The van der Waals surface area contributed by atoms with Gasteiger partial charge >= 0.3 is 5.97 Å². The highest BCUT2D eigenvalue weighted by atomic mass is 79.9. The summed E-state index contributed by atoms with van der Waals surface area (Å²) in [4.78, 5) is 10.5. The van der Waals surface area contributed by atoms with Gasteiger partial charge in [-0.1, -0.05) is 0 Å². The number of hydrogen-bond donors (Lipinski definition) is 3. The standard InChI is InChI=1S/C7H6BrFN2O2.ClH/c8-6-4(9)1-3(7(12)13)2-5(6)11-10;/h1-2,11H,10H2,(H,12,13);1H. The molecule has 1 rings (SSSR count). The van der Waals surface area contributed by atoms with Gasteiger partial charge in [-0.3, -0.25) is 5.84 Å². The van der Waals surface area contributed by atoms with Gasteiger partial charge in [0.15, 0.2) is 0 Å². The fraction of sp³-hybridized carbons (Fsp3) is 0. The highest BCUT2D eigenvalue weighted by molar-refractivity contribution is 9.10. The first-order valence-electron chi connectivity index (χ1n) is 3.25. The van der Waals surface area contributed by atoms with Gasteiger partial charge in [0.05, 0.1) is 15.7 Å². The molecule has 1 aromatic rings. The molecule has 0 aromatic heterocycles. The minimum absolute atomic E-state index is 0. The monoisotopic (exact) mass is 284 g/mol. The van der Waals surface area contributed by atoms with E-state index in [-0.39, 0.29) is 28.1 Å². The highest BCUT2D eigenvalue weighted by Crippen LogP contribution is 2.26. The number of aromatic carboxylic acids is 1. The second kappa shape index (κ2) is 5.14. The van der Waals surface area contributed by atoms with Crippen molar-refractivity contribution in [2.75, 3.05) is 5.43 Å². The lowest BCUT2D eigenvalue weighted by atomic mass is 10.2. The summed E-state index contributed by atoms with van der Waals surface area (Å²) in [6.45, 7) is 0. The van der Waals surface area contributed by atoms with Gasteiger partial charge in [0, 0.05) is 0 Å². The number of anilines is 1. The number of halogens is 3. The molecule has 0 radical (unpaired) electrons. The van der Waals surface area contributed by atoms with E-state index in [1.807, 2.05) is 0 Å². The average Bonchev–Trinajstić information content (AvgIpc) is 2.09. The first-order chi connectivity index (χ1) is 6.06. The van der Waals surface area contributed by atoms with E-state index in [1.165, 1.54) is 6.07 Å². The lowest BCUT2D eigenvalue weighted by Gasteiger charge is -2.05. The first kappa shape index (κ1) is 13.2. The number of carbonyl (C=O) groups is 1. The Morgan fingerprint density at radius 3 is 2.57 bits per heavy atom. The van der Waals surface area contributed by atoms with Crippen molar-refractivity contribution >= 4 is 40.0 Å². The van der Waals surface area contributed by atoms with Crippen LogP contribution in [0.15, 0.2) is 16.6 Å². The molecule has 0 saturated heterocycles. The Morgan fingerprint density at radius 1 is 1.57 bits per heavy atom. The lowest BCUT2D eigenvalue weighted by molar-refractivity contribution is 0.0696. The Balaban J connectivity index is 0.00000169. The summed E-state index contributed by atoms with van der Waals surface area (Å²) in [5.74, 6) is 3.17. The molecule has 14 heavy (non-hydrogen) atoms. The van der Waals surface area contributed by atoms with E-state index in [9.17, 15) is 9.18 Å². The second-order valence-electron chi connectivity index (χ2n) is 2.27. The Bertz CT molecular complexity index is 362. The molecule has 0 heterocycles. The van der Waals surface area contributed by atoms with Gasteiger partial charge in [0.1, 0.15) is 5.82 Å². The van der Waals surface area contributed by atoms with E-state index >= 15 is 0 Å². The summed E-state index contributed by atoms with van der Waals surface area (Å²) < 4.78 is 13.1. The number of hydrazine groups is 1. The van der Waals surface area contributed by atoms with E-state index in [1.54, 1.807) is 0 Å². The van der Waals surface area contributed by atoms with Crippen molar-refractivity contribution < 1.29 is 14.3 Å². The third kappa shape index (κ3) is 2.57. The molecule has 4 N–H and O–H groups in total. The van der Waals surface area contributed by atoms with Crippen LogP contribution in [-0.4, -0.2) is 11.1 Å². The van der Waals surface area contributed by atoms with Crippen LogP contribution in [0, 0.1) is 5.82 Å². The highest BCUT2D eigenvalue weighted by Gasteiger charge is 2.11. The number of nitrogen functional groups attached to an aromatic ring is 1. The quantitative estimate of drug-likeness (QED) is 0.574. The van der Waals surface area contributed by atoms with E-state index in [0.717, 1.165) is 6.07 Å². The van der Waals surface area contributed by atoms with Gasteiger partial charge in [-0.15, -0.1) is 12.4 Å². The third-order valence-corrected chi connectivity index (χ3v) is 2.24. The summed E-state index contributed by atoms with van der Waals surface area (Å²) in [6, 6.07) is 2.14. The maximum Gasteiger partial charge on any atom is 0.335 e. The van der Waals surface area contributed by atoms with Crippen molar-refractivity contribution in [1.29, 1.82) is 0 Å². The predicted octanol–water partition coefficient (Wildman–Crippen LogP) is 1.99. The Morgan fingerprint density at radius 2 is 2.14 bits per heavy atom. The summed E-state index contributed by atoms with van der Waals surface area (Å²) in [6.07, 6.45) is 0. The largest absolute Gasteiger partial charge is 0.478 e. The third-order valence-electron chi connectivity index (χ3n) is 1.43. The van der Waals surface area contributed by atoms with Crippen molar-refractivity contribution in [3.05, 3.63) is 28.0 Å². The number of hydrogen-bond acceptors (Lipinski definition) is 3. The van der Waals surface area contributed by atoms with Crippen LogP contribution < -0.4 is 11.3 Å². The average molecular weight is 286 g/mol. The molecular formula is C7H7BrClFN2O2. The van der Waals surface area contributed by atoms with E-state index in [0.29, 0.717) is 0 Å². The summed E-state index contributed by atoms with van der Waals surface area (Å²) in [5.41, 5.74) is 2.21. The Kier molecular flexibility index (Phi) is 4.82. The zero-order valence-electron chi connectivity index (χ0n) is 6.75. The van der Waals surface area contributed by atoms with Crippen LogP contribution in [0.1, 0.15) is 10.4 Å². The maximum absolute atomic E-state index is 13.0. The number of carboxylic acid groups (broad SMARTS) is 1. The summed E-state index contributed by atoms with van der Waals surface area (Å²) >= 11 is 2.91. The minimum Gasteiger partial charge on any atom is -0.478 e.